The Morgan fingerprint density at radius 2 is 1.85 bits per heavy atom. The Bertz CT molecular complexity index is 455. The second-order valence-corrected chi connectivity index (χ2v) is 4.98. The number of amides is 2. The largest absolute Gasteiger partial charge is 0.481 e. The Hall–Kier alpha value is -2.04. The number of nitrogens with one attached hydrogen (secondary N) is 1. The van der Waals surface area contributed by atoms with Crippen LogP contribution < -0.4 is 5.32 Å². The summed E-state index contributed by atoms with van der Waals surface area (Å²) in [4.78, 5) is 24.5. The van der Waals surface area contributed by atoms with Crippen molar-refractivity contribution in [3.05, 3.63) is 29.8 Å². The van der Waals surface area contributed by atoms with E-state index in [9.17, 15) is 9.59 Å². The number of carbonyl (C=O) groups is 2. The normalized spacial score (nSPS) is 10.4. The zero-order chi connectivity index (χ0) is 15.1. The molecule has 0 radical (unpaired) electrons. The fourth-order valence-electron chi connectivity index (χ4n) is 1.91. The van der Waals surface area contributed by atoms with Gasteiger partial charge in [-0.2, -0.15) is 0 Å². The van der Waals surface area contributed by atoms with E-state index < -0.39 is 5.97 Å². The quantitative estimate of drug-likeness (QED) is 0.840. The molecule has 0 fully saturated rings. The molecule has 0 saturated heterocycles. The molecule has 2 amide bonds. The number of benzene rings is 1. The van der Waals surface area contributed by atoms with E-state index in [1.54, 1.807) is 29.2 Å². The summed E-state index contributed by atoms with van der Waals surface area (Å²) in [6.07, 6.45) is 0.894. The maximum Gasteiger partial charge on any atom is 0.322 e. The van der Waals surface area contributed by atoms with E-state index in [-0.39, 0.29) is 18.5 Å². The van der Waals surface area contributed by atoms with Gasteiger partial charge in [0.05, 0.1) is 6.42 Å². The summed E-state index contributed by atoms with van der Waals surface area (Å²) in [5, 5.41) is 11.5. The molecule has 0 atom stereocenters. The second kappa shape index (κ2) is 7.53. The fourth-order valence-corrected chi connectivity index (χ4v) is 1.91. The molecule has 2 N–H and O–H groups in total. The van der Waals surface area contributed by atoms with Crippen molar-refractivity contribution in [2.75, 3.05) is 11.9 Å². The molecule has 0 aliphatic rings. The smallest absolute Gasteiger partial charge is 0.322 e. The van der Waals surface area contributed by atoms with Gasteiger partial charge >= 0.3 is 12.0 Å². The topological polar surface area (TPSA) is 69.6 Å². The highest BCUT2D eigenvalue weighted by Gasteiger charge is 2.15. The summed E-state index contributed by atoms with van der Waals surface area (Å²) >= 11 is 0. The van der Waals surface area contributed by atoms with Crippen LogP contribution >= 0.6 is 0 Å². The summed E-state index contributed by atoms with van der Waals surface area (Å²) in [5.41, 5.74) is 1.38. The number of carbonyl (C=O) groups excluding carboxylic acids is 1. The third kappa shape index (κ3) is 4.91. The molecular weight excluding hydrogens is 256 g/mol. The standard InChI is InChI=1S/C15H22N2O3/c1-4-9-17(11(2)3)15(20)16-13-7-5-12(6-8-13)10-14(18)19/h5-8,11H,4,9-10H2,1-3H3,(H,16,20)(H,18,19). The minimum absolute atomic E-state index is 0.0117. The molecule has 110 valence electrons. The summed E-state index contributed by atoms with van der Waals surface area (Å²) in [5.74, 6) is -0.865. The zero-order valence-electron chi connectivity index (χ0n) is 12.2. The molecule has 0 heterocycles. The van der Waals surface area contributed by atoms with Crippen LogP contribution in [0.2, 0.25) is 0 Å². The van der Waals surface area contributed by atoms with E-state index in [1.165, 1.54) is 0 Å². The Balaban J connectivity index is 2.67. The number of hydrogen-bond donors (Lipinski definition) is 2. The van der Waals surface area contributed by atoms with Crippen molar-refractivity contribution in [2.24, 2.45) is 0 Å². The van der Waals surface area contributed by atoms with Crippen molar-refractivity contribution >= 4 is 17.7 Å². The fraction of sp³-hybridized carbons (Fsp3) is 0.467. The van der Waals surface area contributed by atoms with Crippen LogP contribution in [0.4, 0.5) is 10.5 Å². The van der Waals surface area contributed by atoms with E-state index >= 15 is 0 Å². The van der Waals surface area contributed by atoms with Gasteiger partial charge in [0.2, 0.25) is 0 Å². The van der Waals surface area contributed by atoms with E-state index in [0.29, 0.717) is 17.8 Å². The number of urea groups is 1. The molecule has 5 heteroatoms. The number of carboxylic acid groups (broad SMARTS) is 1. The number of aliphatic carboxylic acids is 1. The van der Waals surface area contributed by atoms with Crippen molar-refractivity contribution in [1.29, 1.82) is 0 Å². The third-order valence-electron chi connectivity index (χ3n) is 2.91. The lowest BCUT2D eigenvalue weighted by molar-refractivity contribution is -0.136. The first-order valence-corrected chi connectivity index (χ1v) is 6.82. The first kappa shape index (κ1) is 16.0. The minimum Gasteiger partial charge on any atom is -0.481 e. The molecule has 1 aromatic rings. The summed E-state index contributed by atoms with van der Waals surface area (Å²) in [6.45, 7) is 6.69. The summed E-state index contributed by atoms with van der Waals surface area (Å²) in [6, 6.07) is 6.88. The van der Waals surface area contributed by atoms with Crippen molar-refractivity contribution in [2.45, 2.75) is 39.7 Å². The number of rotatable bonds is 6. The number of anilines is 1. The molecule has 0 aliphatic carbocycles. The van der Waals surface area contributed by atoms with Gasteiger partial charge in [0, 0.05) is 18.3 Å². The SMILES string of the molecule is CCCN(C(=O)Nc1ccc(CC(=O)O)cc1)C(C)C. The van der Waals surface area contributed by atoms with Gasteiger partial charge in [0.25, 0.3) is 0 Å². The van der Waals surface area contributed by atoms with E-state index in [1.807, 2.05) is 20.8 Å². The highest BCUT2D eigenvalue weighted by molar-refractivity contribution is 5.89. The molecule has 0 saturated carbocycles. The zero-order valence-corrected chi connectivity index (χ0v) is 12.2. The van der Waals surface area contributed by atoms with Gasteiger partial charge in [0.15, 0.2) is 0 Å². The molecule has 1 rings (SSSR count). The van der Waals surface area contributed by atoms with Gasteiger partial charge in [0.1, 0.15) is 0 Å². The van der Waals surface area contributed by atoms with Crippen LogP contribution in [-0.4, -0.2) is 34.6 Å². The average molecular weight is 278 g/mol. The van der Waals surface area contributed by atoms with Crippen LogP contribution in [0.5, 0.6) is 0 Å². The molecule has 0 aliphatic heterocycles. The lowest BCUT2D eigenvalue weighted by Gasteiger charge is -2.26. The van der Waals surface area contributed by atoms with Crippen LogP contribution in [0.15, 0.2) is 24.3 Å². The Labute approximate surface area is 119 Å². The van der Waals surface area contributed by atoms with Crippen LogP contribution in [0.25, 0.3) is 0 Å². The summed E-state index contributed by atoms with van der Waals surface area (Å²) in [7, 11) is 0. The molecule has 0 aromatic heterocycles. The molecule has 0 bridgehead atoms. The maximum absolute atomic E-state index is 12.1. The van der Waals surface area contributed by atoms with Crippen LogP contribution in [0.1, 0.15) is 32.8 Å². The molecule has 1 aromatic carbocycles. The monoisotopic (exact) mass is 278 g/mol. The van der Waals surface area contributed by atoms with Crippen molar-refractivity contribution < 1.29 is 14.7 Å². The highest BCUT2D eigenvalue weighted by atomic mass is 16.4. The van der Waals surface area contributed by atoms with Crippen molar-refractivity contribution in [1.82, 2.24) is 4.90 Å². The highest BCUT2D eigenvalue weighted by Crippen LogP contribution is 2.12. The Morgan fingerprint density at radius 1 is 1.25 bits per heavy atom. The third-order valence-corrected chi connectivity index (χ3v) is 2.91. The number of carboxylic acids is 1. The van der Waals surface area contributed by atoms with Crippen LogP contribution in [0, 0.1) is 0 Å². The van der Waals surface area contributed by atoms with Crippen molar-refractivity contribution in [3.63, 3.8) is 0 Å². The molecule has 20 heavy (non-hydrogen) atoms. The predicted molar refractivity (Wildman–Crippen MR) is 78.9 cm³/mol. The molecule has 5 nitrogen and oxygen atoms in total. The first-order valence-electron chi connectivity index (χ1n) is 6.82. The second-order valence-electron chi connectivity index (χ2n) is 4.98. The predicted octanol–water partition coefficient (Wildman–Crippen LogP) is 2.97. The number of nitrogens with zero attached hydrogens (tertiary/aromatic N) is 1. The van der Waals surface area contributed by atoms with Gasteiger partial charge in [-0.1, -0.05) is 19.1 Å². The molecule has 0 unspecified atom stereocenters. The Kier molecular flexibility index (Phi) is 6.03. The lowest BCUT2D eigenvalue weighted by atomic mass is 10.1. The lowest BCUT2D eigenvalue weighted by Crippen LogP contribution is -2.40. The van der Waals surface area contributed by atoms with E-state index in [0.717, 1.165) is 6.42 Å². The Morgan fingerprint density at radius 3 is 2.30 bits per heavy atom. The maximum atomic E-state index is 12.1. The van der Waals surface area contributed by atoms with E-state index in [2.05, 4.69) is 5.32 Å². The van der Waals surface area contributed by atoms with Crippen molar-refractivity contribution in [3.8, 4) is 0 Å². The van der Waals surface area contributed by atoms with Crippen LogP contribution in [0.3, 0.4) is 0 Å². The number of hydrogen-bond acceptors (Lipinski definition) is 2. The van der Waals surface area contributed by atoms with E-state index in [4.69, 9.17) is 5.11 Å². The minimum atomic E-state index is -0.865. The van der Waals surface area contributed by atoms with Gasteiger partial charge in [-0.25, -0.2) is 4.79 Å². The average Bonchev–Trinajstić information content (AvgIpc) is 2.37. The molecular formula is C15H22N2O3. The van der Waals surface area contributed by atoms with Gasteiger partial charge in [-0.15, -0.1) is 0 Å². The van der Waals surface area contributed by atoms with Gasteiger partial charge in [-0.05, 0) is 38.0 Å². The molecule has 0 spiro atoms. The first-order chi connectivity index (χ1) is 9.43. The van der Waals surface area contributed by atoms with Crippen LogP contribution in [-0.2, 0) is 11.2 Å². The van der Waals surface area contributed by atoms with Gasteiger partial charge < -0.3 is 15.3 Å². The summed E-state index contributed by atoms with van der Waals surface area (Å²) < 4.78 is 0. The van der Waals surface area contributed by atoms with Gasteiger partial charge in [-0.3, -0.25) is 4.79 Å².